The lowest BCUT2D eigenvalue weighted by Gasteiger charge is -2.21. The zero-order chi connectivity index (χ0) is 18.7. The molecule has 1 heterocycles. The molecule has 0 aromatic heterocycles. The molecule has 146 valence electrons. The Labute approximate surface area is 163 Å². The molecule has 3 rings (SSSR count). The van der Waals surface area contributed by atoms with E-state index < -0.39 is 11.6 Å². The van der Waals surface area contributed by atoms with E-state index in [1.807, 2.05) is 0 Å². The number of nitrogens with two attached hydrogens (primary N) is 1. The van der Waals surface area contributed by atoms with Crippen LogP contribution in [0.4, 0.5) is 8.78 Å². The minimum atomic E-state index is -0.651. The van der Waals surface area contributed by atoms with Gasteiger partial charge in [-0.25, -0.2) is 8.78 Å². The fraction of sp³-hybridized carbons (Fsp3) is 0.350. The predicted molar refractivity (Wildman–Crippen MR) is 103 cm³/mol. The SMILES string of the molecule is COc1cc(F)c(-c2cccc(C(=O)N3CCCC(N)CC3)c2)cc1F.Cl. The van der Waals surface area contributed by atoms with Crippen molar-refractivity contribution in [1.82, 2.24) is 4.90 Å². The summed E-state index contributed by atoms with van der Waals surface area (Å²) in [6.45, 7) is 1.26. The Balaban J connectivity index is 0.00000261. The molecule has 1 amide bonds. The molecule has 1 aliphatic rings. The molecule has 1 atom stereocenters. The Bertz CT molecular complexity index is 817. The van der Waals surface area contributed by atoms with E-state index in [1.54, 1.807) is 29.2 Å². The Morgan fingerprint density at radius 1 is 1.15 bits per heavy atom. The third kappa shape index (κ3) is 4.76. The number of amides is 1. The molecule has 27 heavy (non-hydrogen) atoms. The van der Waals surface area contributed by atoms with Crippen LogP contribution in [0.25, 0.3) is 11.1 Å². The average Bonchev–Trinajstić information content (AvgIpc) is 2.87. The van der Waals surface area contributed by atoms with Gasteiger partial charge in [-0.15, -0.1) is 12.4 Å². The first kappa shape index (κ1) is 21.1. The number of rotatable bonds is 3. The Kier molecular flexibility index (Phi) is 7.16. The van der Waals surface area contributed by atoms with Crippen LogP contribution in [0.5, 0.6) is 5.75 Å². The second-order valence-corrected chi connectivity index (χ2v) is 6.53. The first-order chi connectivity index (χ1) is 12.5. The minimum absolute atomic E-state index is 0. The molecule has 0 saturated carbocycles. The average molecular weight is 397 g/mol. The van der Waals surface area contributed by atoms with E-state index in [-0.39, 0.29) is 35.7 Å². The van der Waals surface area contributed by atoms with Gasteiger partial charge in [0.05, 0.1) is 7.11 Å². The van der Waals surface area contributed by atoms with Gasteiger partial charge < -0.3 is 15.4 Å². The molecule has 1 saturated heterocycles. The van der Waals surface area contributed by atoms with Crippen molar-refractivity contribution in [3.8, 4) is 16.9 Å². The summed E-state index contributed by atoms with van der Waals surface area (Å²) in [5.74, 6) is -1.52. The third-order valence-electron chi connectivity index (χ3n) is 4.72. The molecule has 1 aliphatic heterocycles. The van der Waals surface area contributed by atoms with Crippen LogP contribution >= 0.6 is 12.4 Å². The topological polar surface area (TPSA) is 55.6 Å². The highest BCUT2D eigenvalue weighted by Gasteiger charge is 2.21. The predicted octanol–water partition coefficient (Wildman–Crippen LogP) is 4.02. The molecule has 7 heteroatoms. The van der Waals surface area contributed by atoms with E-state index in [1.165, 1.54) is 7.11 Å². The molecule has 0 bridgehead atoms. The lowest BCUT2D eigenvalue weighted by molar-refractivity contribution is 0.0761. The summed E-state index contributed by atoms with van der Waals surface area (Å²) in [6.07, 6.45) is 2.54. The van der Waals surface area contributed by atoms with Crippen LogP contribution in [0, 0.1) is 11.6 Å². The van der Waals surface area contributed by atoms with Crippen molar-refractivity contribution >= 4 is 18.3 Å². The summed E-state index contributed by atoms with van der Waals surface area (Å²) >= 11 is 0. The van der Waals surface area contributed by atoms with Gasteiger partial charge in [0.15, 0.2) is 11.6 Å². The molecule has 1 unspecified atom stereocenters. The Hall–Kier alpha value is -2.18. The van der Waals surface area contributed by atoms with Crippen molar-refractivity contribution in [3.63, 3.8) is 0 Å². The van der Waals surface area contributed by atoms with Crippen molar-refractivity contribution in [1.29, 1.82) is 0 Å². The van der Waals surface area contributed by atoms with Gasteiger partial charge in [-0.05, 0) is 43.0 Å². The molecular formula is C20H23ClF2N2O2. The summed E-state index contributed by atoms with van der Waals surface area (Å²) in [5, 5.41) is 0. The van der Waals surface area contributed by atoms with E-state index in [0.29, 0.717) is 24.2 Å². The molecule has 1 fully saturated rings. The molecule has 4 nitrogen and oxygen atoms in total. The zero-order valence-corrected chi connectivity index (χ0v) is 15.9. The number of carbonyl (C=O) groups excluding carboxylic acids is 1. The van der Waals surface area contributed by atoms with Gasteiger partial charge >= 0.3 is 0 Å². The van der Waals surface area contributed by atoms with Crippen LogP contribution in [-0.4, -0.2) is 37.0 Å². The van der Waals surface area contributed by atoms with Gasteiger partial charge in [-0.3, -0.25) is 4.79 Å². The fourth-order valence-electron chi connectivity index (χ4n) is 3.23. The first-order valence-electron chi connectivity index (χ1n) is 8.68. The Morgan fingerprint density at radius 2 is 1.93 bits per heavy atom. The normalized spacial score (nSPS) is 17.0. The smallest absolute Gasteiger partial charge is 0.253 e. The van der Waals surface area contributed by atoms with Gasteiger partial charge in [0.25, 0.3) is 5.91 Å². The fourth-order valence-corrected chi connectivity index (χ4v) is 3.23. The lowest BCUT2D eigenvalue weighted by Crippen LogP contribution is -2.32. The second-order valence-electron chi connectivity index (χ2n) is 6.53. The van der Waals surface area contributed by atoms with Crippen LogP contribution in [0.15, 0.2) is 36.4 Å². The maximum atomic E-state index is 14.3. The van der Waals surface area contributed by atoms with Crippen LogP contribution in [0.1, 0.15) is 29.6 Å². The number of hydrogen-bond acceptors (Lipinski definition) is 3. The van der Waals surface area contributed by atoms with Crippen LogP contribution in [0.3, 0.4) is 0 Å². The van der Waals surface area contributed by atoms with E-state index in [4.69, 9.17) is 10.5 Å². The molecule has 0 aliphatic carbocycles. The van der Waals surface area contributed by atoms with Crippen molar-refractivity contribution in [2.45, 2.75) is 25.3 Å². The summed E-state index contributed by atoms with van der Waals surface area (Å²) in [5.41, 5.74) is 6.96. The third-order valence-corrected chi connectivity index (χ3v) is 4.72. The number of methoxy groups -OCH3 is 1. The maximum absolute atomic E-state index is 14.3. The highest BCUT2D eigenvalue weighted by Crippen LogP contribution is 2.29. The quantitative estimate of drug-likeness (QED) is 0.852. The van der Waals surface area contributed by atoms with Crippen LogP contribution in [0.2, 0.25) is 0 Å². The summed E-state index contributed by atoms with van der Waals surface area (Å²) in [7, 11) is 1.28. The number of likely N-dealkylation sites (tertiary alicyclic amines) is 1. The lowest BCUT2D eigenvalue weighted by atomic mass is 10.0. The number of ether oxygens (including phenoxy) is 1. The van der Waals surface area contributed by atoms with E-state index in [2.05, 4.69) is 0 Å². The largest absolute Gasteiger partial charge is 0.494 e. The number of benzene rings is 2. The summed E-state index contributed by atoms with van der Waals surface area (Å²) in [6, 6.07) is 8.83. The zero-order valence-electron chi connectivity index (χ0n) is 15.1. The maximum Gasteiger partial charge on any atom is 0.253 e. The molecule has 2 aromatic carbocycles. The van der Waals surface area contributed by atoms with E-state index >= 15 is 0 Å². The summed E-state index contributed by atoms with van der Waals surface area (Å²) < 4.78 is 33.1. The minimum Gasteiger partial charge on any atom is -0.494 e. The van der Waals surface area contributed by atoms with E-state index in [0.717, 1.165) is 31.4 Å². The van der Waals surface area contributed by atoms with Crippen molar-refractivity contribution in [2.75, 3.05) is 20.2 Å². The molecule has 2 N–H and O–H groups in total. The molecule has 2 aromatic rings. The second kappa shape index (κ2) is 9.15. The number of carbonyl (C=O) groups is 1. The molecule has 0 radical (unpaired) electrons. The van der Waals surface area contributed by atoms with Gasteiger partial charge in [0, 0.05) is 36.3 Å². The number of nitrogens with zero attached hydrogens (tertiary/aromatic N) is 1. The molecular weight excluding hydrogens is 374 g/mol. The van der Waals surface area contributed by atoms with Crippen LogP contribution < -0.4 is 10.5 Å². The van der Waals surface area contributed by atoms with Crippen molar-refractivity contribution < 1.29 is 18.3 Å². The number of halogens is 3. The van der Waals surface area contributed by atoms with Gasteiger partial charge in [-0.2, -0.15) is 0 Å². The summed E-state index contributed by atoms with van der Waals surface area (Å²) in [4.78, 5) is 14.6. The number of hydrogen-bond donors (Lipinski definition) is 1. The standard InChI is InChI=1S/C20H22F2N2O2.ClH/c1-26-19-12-17(21)16(11-18(19)22)13-4-2-5-14(10-13)20(25)24-8-3-6-15(23)7-9-24;/h2,4-5,10-12,15H,3,6-9,23H2,1H3;1H. The Morgan fingerprint density at radius 3 is 2.67 bits per heavy atom. The van der Waals surface area contributed by atoms with Crippen molar-refractivity contribution in [2.24, 2.45) is 5.73 Å². The van der Waals surface area contributed by atoms with Gasteiger partial charge in [-0.1, -0.05) is 12.1 Å². The highest BCUT2D eigenvalue weighted by molar-refractivity contribution is 5.95. The van der Waals surface area contributed by atoms with Gasteiger partial charge in [0.2, 0.25) is 0 Å². The van der Waals surface area contributed by atoms with Crippen LogP contribution in [-0.2, 0) is 0 Å². The van der Waals surface area contributed by atoms with Crippen molar-refractivity contribution in [3.05, 3.63) is 53.6 Å². The monoisotopic (exact) mass is 396 g/mol. The van der Waals surface area contributed by atoms with Gasteiger partial charge in [0.1, 0.15) is 5.82 Å². The van der Waals surface area contributed by atoms with E-state index in [9.17, 15) is 13.6 Å². The highest BCUT2D eigenvalue weighted by atomic mass is 35.5. The molecule has 0 spiro atoms. The first-order valence-corrected chi connectivity index (χ1v) is 8.68.